The number of β-amino-alcohol motifs (C(OH)–C–C–N with tert-alkyl or cyclic N) is 2. The molecule has 0 amide bonds. The molecule has 0 aliphatic carbocycles. The zero-order valence-corrected chi connectivity index (χ0v) is 6.01. The molecule has 0 saturated carbocycles. The van der Waals surface area contributed by atoms with Crippen molar-refractivity contribution >= 4 is 0 Å². The molecular formula is C6H13NO4. The summed E-state index contributed by atoms with van der Waals surface area (Å²) in [4.78, 5) is 0. The maximum Gasteiger partial charge on any atom is 0.110 e. The molecule has 0 spiro atoms. The molecular weight excluding hydrogens is 150 g/mol. The van der Waals surface area contributed by atoms with Crippen LogP contribution in [0.15, 0.2) is 0 Å². The molecule has 1 heterocycles. The molecule has 0 aromatic carbocycles. The van der Waals surface area contributed by atoms with Gasteiger partial charge in [0.1, 0.15) is 12.2 Å². The van der Waals surface area contributed by atoms with Crippen molar-refractivity contribution in [2.24, 2.45) is 0 Å². The van der Waals surface area contributed by atoms with Crippen LogP contribution in [-0.2, 0) is 0 Å². The summed E-state index contributed by atoms with van der Waals surface area (Å²) in [5.74, 6) is 0. The van der Waals surface area contributed by atoms with Crippen molar-refractivity contribution in [1.82, 2.24) is 5.32 Å². The van der Waals surface area contributed by atoms with E-state index >= 15 is 0 Å². The lowest BCUT2D eigenvalue weighted by molar-refractivity contribution is -0.0894. The smallest absolute Gasteiger partial charge is 0.110 e. The molecule has 5 nitrogen and oxygen atoms in total. The quantitative estimate of drug-likeness (QED) is 0.263. The van der Waals surface area contributed by atoms with Gasteiger partial charge in [0.25, 0.3) is 0 Å². The molecule has 4 atom stereocenters. The molecule has 1 aliphatic rings. The van der Waals surface area contributed by atoms with Gasteiger partial charge in [0.05, 0.1) is 12.2 Å². The van der Waals surface area contributed by atoms with Gasteiger partial charge >= 0.3 is 0 Å². The van der Waals surface area contributed by atoms with E-state index in [4.69, 9.17) is 20.4 Å². The number of rotatable bonds is 0. The fourth-order valence-electron chi connectivity index (χ4n) is 1.08. The van der Waals surface area contributed by atoms with Crippen LogP contribution >= 0.6 is 0 Å². The molecule has 5 heteroatoms. The summed E-state index contributed by atoms with van der Waals surface area (Å²) in [5, 5.41) is 39.0. The molecule has 0 aromatic heterocycles. The monoisotopic (exact) mass is 163 g/mol. The Hall–Kier alpha value is -0.200. The molecule has 1 aliphatic heterocycles. The standard InChI is InChI=1S/C6H13NO4/c8-3-1-7-2-4(9)6(11)5(3)10/h3-11H,1-2H2/t3-,4+,5-,6-/m0/s1. The molecule has 66 valence electrons. The van der Waals surface area contributed by atoms with Gasteiger partial charge in [-0.3, -0.25) is 0 Å². The normalized spacial score (nSPS) is 46.9. The van der Waals surface area contributed by atoms with E-state index in [1.165, 1.54) is 0 Å². The van der Waals surface area contributed by atoms with Gasteiger partial charge in [-0.05, 0) is 0 Å². The lowest BCUT2D eigenvalue weighted by Gasteiger charge is -2.21. The second-order valence-corrected chi connectivity index (χ2v) is 2.77. The minimum absolute atomic E-state index is 0.190. The minimum atomic E-state index is -1.26. The fourth-order valence-corrected chi connectivity index (χ4v) is 1.08. The number of aliphatic hydroxyl groups excluding tert-OH is 4. The Balaban J connectivity index is 2.58. The van der Waals surface area contributed by atoms with Gasteiger partial charge in [-0.1, -0.05) is 0 Å². The third kappa shape index (κ3) is 1.88. The van der Waals surface area contributed by atoms with Crippen LogP contribution in [0.5, 0.6) is 0 Å². The molecule has 0 aromatic rings. The van der Waals surface area contributed by atoms with Crippen molar-refractivity contribution in [2.45, 2.75) is 24.4 Å². The maximum atomic E-state index is 9.10. The highest BCUT2D eigenvalue weighted by atomic mass is 16.4. The van der Waals surface area contributed by atoms with Crippen molar-refractivity contribution in [1.29, 1.82) is 0 Å². The molecule has 11 heavy (non-hydrogen) atoms. The summed E-state index contributed by atoms with van der Waals surface area (Å²) in [5.41, 5.74) is 0. The number of hydrogen-bond donors (Lipinski definition) is 5. The van der Waals surface area contributed by atoms with Gasteiger partial charge < -0.3 is 25.7 Å². The van der Waals surface area contributed by atoms with E-state index in [-0.39, 0.29) is 13.1 Å². The SMILES string of the molecule is O[C@@H]1[C@@H](O)[C@@H](O)CNC[C@H]1O. The Morgan fingerprint density at radius 1 is 0.818 bits per heavy atom. The molecule has 1 saturated heterocycles. The zero-order valence-electron chi connectivity index (χ0n) is 6.01. The maximum absolute atomic E-state index is 9.10. The Labute approximate surface area is 64.3 Å². The second-order valence-electron chi connectivity index (χ2n) is 2.77. The predicted molar refractivity (Wildman–Crippen MR) is 36.9 cm³/mol. The van der Waals surface area contributed by atoms with E-state index in [1.54, 1.807) is 0 Å². The van der Waals surface area contributed by atoms with Crippen molar-refractivity contribution in [3.8, 4) is 0 Å². The first-order valence-corrected chi connectivity index (χ1v) is 3.56. The van der Waals surface area contributed by atoms with E-state index in [9.17, 15) is 0 Å². The molecule has 1 fully saturated rings. The van der Waals surface area contributed by atoms with Gasteiger partial charge in [0.15, 0.2) is 0 Å². The number of nitrogens with one attached hydrogen (secondary N) is 1. The van der Waals surface area contributed by atoms with Crippen LogP contribution in [0.1, 0.15) is 0 Å². The van der Waals surface area contributed by atoms with Crippen LogP contribution in [0.4, 0.5) is 0 Å². The van der Waals surface area contributed by atoms with Gasteiger partial charge in [0, 0.05) is 13.1 Å². The van der Waals surface area contributed by atoms with Gasteiger partial charge in [-0.25, -0.2) is 0 Å². The lowest BCUT2D eigenvalue weighted by atomic mass is 10.1. The first-order valence-electron chi connectivity index (χ1n) is 3.56. The van der Waals surface area contributed by atoms with Crippen LogP contribution in [0.2, 0.25) is 0 Å². The predicted octanol–water partition coefficient (Wildman–Crippen LogP) is -2.97. The molecule has 5 N–H and O–H groups in total. The average Bonchev–Trinajstić information content (AvgIpc) is 2.07. The highest BCUT2D eigenvalue weighted by Gasteiger charge is 2.32. The van der Waals surface area contributed by atoms with Crippen LogP contribution in [0.25, 0.3) is 0 Å². The van der Waals surface area contributed by atoms with Crippen LogP contribution in [0, 0.1) is 0 Å². The van der Waals surface area contributed by atoms with Gasteiger partial charge in [-0.2, -0.15) is 0 Å². The molecule has 1 rings (SSSR count). The zero-order chi connectivity index (χ0) is 8.43. The van der Waals surface area contributed by atoms with Gasteiger partial charge in [0.2, 0.25) is 0 Å². The first-order chi connectivity index (χ1) is 5.13. The van der Waals surface area contributed by atoms with Crippen LogP contribution < -0.4 is 5.32 Å². The van der Waals surface area contributed by atoms with E-state index < -0.39 is 24.4 Å². The Kier molecular flexibility index (Phi) is 2.80. The summed E-state index contributed by atoms with van der Waals surface area (Å²) in [6, 6.07) is 0. The third-order valence-corrected chi connectivity index (χ3v) is 1.85. The van der Waals surface area contributed by atoms with E-state index in [0.717, 1.165) is 0 Å². The van der Waals surface area contributed by atoms with Crippen molar-refractivity contribution in [2.75, 3.05) is 13.1 Å². The average molecular weight is 163 g/mol. The van der Waals surface area contributed by atoms with Crippen LogP contribution in [-0.4, -0.2) is 57.9 Å². The van der Waals surface area contributed by atoms with Gasteiger partial charge in [-0.15, -0.1) is 0 Å². The van der Waals surface area contributed by atoms with Crippen LogP contribution in [0.3, 0.4) is 0 Å². The van der Waals surface area contributed by atoms with Crippen molar-refractivity contribution < 1.29 is 20.4 Å². The fraction of sp³-hybridized carbons (Fsp3) is 1.00. The van der Waals surface area contributed by atoms with E-state index in [2.05, 4.69) is 5.32 Å². The molecule has 0 unspecified atom stereocenters. The minimum Gasteiger partial charge on any atom is -0.389 e. The number of aliphatic hydroxyl groups is 4. The molecule has 0 bridgehead atoms. The summed E-state index contributed by atoms with van der Waals surface area (Å²) in [6.07, 6.45) is -4.55. The summed E-state index contributed by atoms with van der Waals surface area (Å²) in [7, 11) is 0. The Morgan fingerprint density at radius 2 is 1.18 bits per heavy atom. The Morgan fingerprint density at radius 3 is 1.55 bits per heavy atom. The lowest BCUT2D eigenvalue weighted by Crippen LogP contribution is -2.43. The highest BCUT2D eigenvalue weighted by Crippen LogP contribution is 2.07. The summed E-state index contributed by atoms with van der Waals surface area (Å²) < 4.78 is 0. The topological polar surface area (TPSA) is 93.0 Å². The summed E-state index contributed by atoms with van der Waals surface area (Å²) >= 11 is 0. The summed E-state index contributed by atoms with van der Waals surface area (Å²) in [6.45, 7) is 0.380. The first kappa shape index (κ1) is 8.89. The third-order valence-electron chi connectivity index (χ3n) is 1.85. The van der Waals surface area contributed by atoms with E-state index in [1.807, 2.05) is 0 Å². The number of hydrogen-bond acceptors (Lipinski definition) is 5. The molecule has 0 radical (unpaired) electrons. The Bertz CT molecular complexity index is 118. The largest absolute Gasteiger partial charge is 0.389 e. The van der Waals surface area contributed by atoms with Crippen molar-refractivity contribution in [3.05, 3.63) is 0 Å². The second kappa shape index (κ2) is 3.46. The highest BCUT2D eigenvalue weighted by molar-refractivity contribution is 4.86. The van der Waals surface area contributed by atoms with Crippen molar-refractivity contribution in [3.63, 3.8) is 0 Å². The van der Waals surface area contributed by atoms with E-state index in [0.29, 0.717) is 0 Å².